The van der Waals surface area contributed by atoms with Crippen molar-refractivity contribution in [2.45, 2.75) is 316 Å². The molecule has 101 heavy (non-hydrogen) atoms. The van der Waals surface area contributed by atoms with Crippen LogP contribution in [0, 0.1) is 128 Å². The van der Waals surface area contributed by atoms with Crippen molar-refractivity contribution < 1.29 is 95.3 Å². The first-order chi connectivity index (χ1) is 42.9. The Morgan fingerprint density at radius 3 is 1.19 bits per heavy atom. The molecule has 20 nitrogen and oxygen atoms in total. The lowest BCUT2D eigenvalue weighted by Crippen LogP contribution is -2.45. The van der Waals surface area contributed by atoms with Gasteiger partial charge in [0.05, 0.1) is 53.1 Å². The highest BCUT2D eigenvalue weighted by atomic mass is 16.6. The molecule has 0 N–H and O–H groups in total. The monoisotopic (exact) mass is 1440 g/mol. The molecule has 0 aromatic rings. The molecule has 5 aliphatic heterocycles. The lowest BCUT2D eigenvalue weighted by Gasteiger charge is -2.34. The molecule has 5 saturated heterocycles. The number of carbonyl (C=O) groups excluding carboxylic acids is 10. The summed E-state index contributed by atoms with van der Waals surface area (Å²) in [7, 11) is 0. The number of rotatable bonds is 15. The Morgan fingerprint density at radius 1 is 0.406 bits per heavy atom. The quantitative estimate of drug-likeness (QED) is 0.109. The summed E-state index contributed by atoms with van der Waals surface area (Å²) < 4.78 is 54.7. The van der Waals surface area contributed by atoms with E-state index in [9.17, 15) is 47.9 Å². The molecule has 0 aromatic heterocycles. The van der Waals surface area contributed by atoms with E-state index in [1.165, 1.54) is 0 Å². The van der Waals surface area contributed by atoms with Gasteiger partial charge in [-0.25, -0.2) is 0 Å². The van der Waals surface area contributed by atoms with Crippen molar-refractivity contribution in [1.82, 2.24) is 0 Å². The SMILES string of the molecule is C.C.C.C.C.C.C.C.C.C.CCC(C)(C)C(=O)OC1C2CC3OC(=O)C1(C)C3C2.CCC(C)(C)C(=O)OC1C2CC3OC(=O)C1C3C2.CCC(C)(C)C(=O)OC1CC2CC1C1COC(=O)C21.CCC(C)C(=O)OC1C2CC3OC(=O)C1C3C2.CCC(C)C(=O)OC1CC2CC1C1COC(=O)C21. The standard InChI is InChI=1S/2C15H22O4.2C14H20O4.C13H18O4.10CH4/c1-5-14(2,3)12(16)19-11-8-6-9-10(7-8)18-13(17)15(9,11)4;1-4-15(2,3)14(17)19-11-6-8-5-9(11)10-7-18-13(16)12(8)10;1-4-14(2,3)13(16)18-11-7-5-8-9(6-7)17-12(15)10(8)11;1-3-7(2)13(15)18-11-5-8-4-9(11)10-6-17-14(16)12(8)10;1-3-6(2)12(14)17-11-7-4-8-9(5-7)16-13(15)10(8)11;;;;;;;;;;/h8-11H,5-7H2,1-4H3;8-12H,4-7H2,1-3H3;7-11H,4-6H2,1-3H3;7-12H,3-6H2,1-2H3;6-11H,3-5H2,1-2H3;10*1H4. The smallest absolute Gasteiger partial charge is 0.316 e. The van der Waals surface area contributed by atoms with Gasteiger partial charge in [0, 0.05) is 59.2 Å². The van der Waals surface area contributed by atoms with E-state index in [-0.39, 0.29) is 230 Å². The van der Waals surface area contributed by atoms with E-state index in [4.69, 9.17) is 47.4 Å². The normalized spacial score (nSPS) is 38.0. The minimum Gasteiger partial charge on any atom is -0.465 e. The largest absolute Gasteiger partial charge is 0.465 e. The van der Waals surface area contributed by atoms with Gasteiger partial charge in [-0.1, -0.05) is 123 Å². The topological polar surface area (TPSA) is 263 Å². The molecule has 15 rings (SSSR count). The highest BCUT2D eigenvalue weighted by Gasteiger charge is 2.72. The molecule has 0 spiro atoms. The van der Waals surface area contributed by atoms with Crippen molar-refractivity contribution in [3.05, 3.63) is 0 Å². The third kappa shape index (κ3) is 16.6. The van der Waals surface area contributed by atoms with Crippen LogP contribution in [0.1, 0.15) is 268 Å². The molecule has 0 radical (unpaired) electrons. The van der Waals surface area contributed by atoms with Crippen molar-refractivity contribution in [3.63, 3.8) is 0 Å². The van der Waals surface area contributed by atoms with Crippen molar-refractivity contribution in [2.75, 3.05) is 13.2 Å². The molecule has 10 saturated carbocycles. The number of fused-ring (bicyclic) bond motifs is 13. The van der Waals surface area contributed by atoms with Crippen molar-refractivity contribution >= 4 is 59.7 Å². The molecule has 20 heteroatoms. The summed E-state index contributed by atoms with van der Waals surface area (Å²) in [6, 6.07) is 0. The fraction of sp³-hybridized carbons (Fsp3) is 0.877. The van der Waals surface area contributed by atoms with Crippen LogP contribution in [0.15, 0.2) is 0 Å². The predicted octanol–water partition coefficient (Wildman–Crippen LogP) is 16.0. The second kappa shape index (κ2) is 35.2. The molecule has 0 amide bonds. The minimum atomic E-state index is -0.604. The van der Waals surface area contributed by atoms with Crippen LogP contribution in [0.25, 0.3) is 0 Å². The fourth-order valence-corrected chi connectivity index (χ4v) is 18.7. The van der Waals surface area contributed by atoms with Gasteiger partial charge in [0.2, 0.25) is 0 Å². The summed E-state index contributed by atoms with van der Waals surface area (Å²) >= 11 is 0. The Morgan fingerprint density at radius 2 is 0.772 bits per heavy atom. The summed E-state index contributed by atoms with van der Waals surface area (Å²) in [5.41, 5.74) is -1.97. The summed E-state index contributed by atoms with van der Waals surface area (Å²) in [4.78, 5) is 119. The maximum absolute atomic E-state index is 12.3. The van der Waals surface area contributed by atoms with Gasteiger partial charge in [0.25, 0.3) is 0 Å². The van der Waals surface area contributed by atoms with E-state index >= 15 is 0 Å². The van der Waals surface area contributed by atoms with E-state index in [2.05, 4.69) is 0 Å². The molecular formula is C81H142O20. The first-order valence-corrected chi connectivity index (χ1v) is 34.9. The third-order valence-electron chi connectivity index (χ3n) is 26.0. The first kappa shape index (κ1) is 93.7. The number of hydrogen-bond acceptors (Lipinski definition) is 20. The Bertz CT molecular complexity index is 2880. The maximum Gasteiger partial charge on any atom is 0.316 e. The second-order valence-corrected chi connectivity index (χ2v) is 32.1. The zero-order chi connectivity index (χ0) is 65.9. The lowest BCUT2D eigenvalue weighted by atomic mass is 9.73. The maximum atomic E-state index is 12.3. The Balaban J connectivity index is 0.000000616. The van der Waals surface area contributed by atoms with Crippen molar-refractivity contribution in [2.24, 2.45) is 128 Å². The Labute approximate surface area is 610 Å². The number of ether oxygens (including phenoxy) is 10. The van der Waals surface area contributed by atoms with Crippen LogP contribution in [0.2, 0.25) is 0 Å². The number of cyclic esters (lactones) is 2. The minimum absolute atomic E-state index is 0. The Kier molecular flexibility index (Phi) is 32.7. The first-order valence-electron chi connectivity index (χ1n) is 34.9. The van der Waals surface area contributed by atoms with Gasteiger partial charge in [-0.2, -0.15) is 0 Å². The average Bonchev–Trinajstić information content (AvgIpc) is 1.54. The van der Waals surface area contributed by atoms with Crippen LogP contribution in [0.5, 0.6) is 0 Å². The third-order valence-corrected chi connectivity index (χ3v) is 26.0. The van der Waals surface area contributed by atoms with Gasteiger partial charge in [0.1, 0.15) is 66.1 Å². The lowest BCUT2D eigenvalue weighted by molar-refractivity contribution is -0.172. The summed E-state index contributed by atoms with van der Waals surface area (Å²) in [6.07, 6.45) is 12.7. The molecule has 15 fully saturated rings. The number of esters is 10. The second-order valence-electron chi connectivity index (χ2n) is 32.1. The van der Waals surface area contributed by atoms with Crippen LogP contribution in [-0.2, 0) is 95.3 Å². The van der Waals surface area contributed by atoms with Gasteiger partial charge in [-0.15, -0.1) is 0 Å². The summed E-state index contributed by atoms with van der Waals surface area (Å²) in [5.74, 6) is 2.26. The zero-order valence-electron chi connectivity index (χ0n) is 56.2. The molecule has 10 bridgehead atoms. The Hall–Kier alpha value is -5.30. The predicted molar refractivity (Wildman–Crippen MR) is 390 cm³/mol. The fourth-order valence-electron chi connectivity index (χ4n) is 18.7. The van der Waals surface area contributed by atoms with Gasteiger partial charge < -0.3 is 47.4 Å². The van der Waals surface area contributed by atoms with E-state index in [0.717, 1.165) is 96.3 Å². The molecule has 15 aliphatic rings. The van der Waals surface area contributed by atoms with Crippen LogP contribution in [-0.4, -0.2) is 122 Å². The molecule has 27 atom stereocenters. The number of hydrogen-bond donors (Lipinski definition) is 0. The molecule has 0 aromatic carbocycles. The number of carbonyl (C=O) groups is 10. The van der Waals surface area contributed by atoms with E-state index < -0.39 is 21.7 Å². The van der Waals surface area contributed by atoms with Gasteiger partial charge in [0.15, 0.2) is 0 Å². The summed E-state index contributed by atoms with van der Waals surface area (Å²) in [6.45, 7) is 28.0. The van der Waals surface area contributed by atoms with E-state index in [1.54, 1.807) is 0 Å². The van der Waals surface area contributed by atoms with Crippen LogP contribution in [0.4, 0.5) is 0 Å². The molecular weight excluding hydrogens is 1290 g/mol. The molecule has 5 heterocycles. The molecule has 10 aliphatic carbocycles. The van der Waals surface area contributed by atoms with E-state index in [0.29, 0.717) is 72.4 Å². The average molecular weight is 1440 g/mol. The molecule has 586 valence electrons. The zero-order valence-corrected chi connectivity index (χ0v) is 56.2. The molecule has 27 unspecified atom stereocenters. The van der Waals surface area contributed by atoms with Crippen LogP contribution >= 0.6 is 0 Å². The van der Waals surface area contributed by atoms with Crippen molar-refractivity contribution in [1.29, 1.82) is 0 Å². The van der Waals surface area contributed by atoms with Gasteiger partial charge in [-0.05, 0) is 157 Å². The summed E-state index contributed by atoms with van der Waals surface area (Å²) in [5, 5.41) is 0. The van der Waals surface area contributed by atoms with Crippen molar-refractivity contribution in [3.8, 4) is 0 Å². The van der Waals surface area contributed by atoms with Crippen LogP contribution < -0.4 is 0 Å². The van der Waals surface area contributed by atoms with Gasteiger partial charge in [-0.3, -0.25) is 47.9 Å². The van der Waals surface area contributed by atoms with Gasteiger partial charge >= 0.3 is 59.7 Å². The highest BCUT2D eigenvalue weighted by molar-refractivity contribution is 5.84. The van der Waals surface area contributed by atoms with E-state index in [1.807, 2.05) is 96.9 Å². The highest BCUT2D eigenvalue weighted by Crippen LogP contribution is 2.64. The van der Waals surface area contributed by atoms with Crippen LogP contribution in [0.3, 0.4) is 0 Å².